The number of carbonyl (C=O) groups is 1. The number of nitrogens with zero attached hydrogens (tertiary/aromatic N) is 2. The number of benzene rings is 1. The highest BCUT2D eigenvalue weighted by molar-refractivity contribution is 5.79. The first-order chi connectivity index (χ1) is 23.6. The summed E-state index contributed by atoms with van der Waals surface area (Å²) in [7, 11) is 0. The van der Waals surface area contributed by atoms with Crippen LogP contribution in [0.5, 0.6) is 0 Å². The Labute approximate surface area is 303 Å². The Bertz CT molecular complexity index is 1490. The highest BCUT2D eigenvalue weighted by Crippen LogP contribution is 2.76. The number of hydrogen-bond acceptors (Lipinski definition) is 5. The monoisotopic (exact) mass is 686 g/mol. The Balaban J connectivity index is 1.15. The second-order valence-corrected chi connectivity index (χ2v) is 19.1. The summed E-state index contributed by atoms with van der Waals surface area (Å²) in [4.78, 5) is 18.8. The molecule has 50 heavy (non-hydrogen) atoms. The van der Waals surface area contributed by atoms with E-state index in [1.54, 1.807) is 0 Å². The number of allylic oxidation sites excluding steroid dienone is 3. The van der Waals surface area contributed by atoms with Crippen LogP contribution >= 0.6 is 0 Å². The number of likely N-dealkylation sites (N-methyl/N-ethyl adjacent to an activating group) is 1. The fourth-order valence-electron chi connectivity index (χ4n) is 14.1. The van der Waals surface area contributed by atoms with Crippen molar-refractivity contribution in [1.29, 1.82) is 0 Å². The van der Waals surface area contributed by atoms with Crippen molar-refractivity contribution in [2.24, 2.45) is 51.2 Å². The van der Waals surface area contributed by atoms with Crippen molar-refractivity contribution in [1.82, 2.24) is 15.1 Å². The number of hydrogen-bond donors (Lipinski definition) is 3. The predicted molar refractivity (Wildman–Crippen MR) is 203 cm³/mol. The van der Waals surface area contributed by atoms with Crippen molar-refractivity contribution in [2.75, 3.05) is 39.3 Å². The van der Waals surface area contributed by atoms with E-state index in [4.69, 9.17) is 0 Å². The number of aliphatic hydroxyl groups is 2. The van der Waals surface area contributed by atoms with Crippen LogP contribution in [0.25, 0.3) is 5.57 Å². The summed E-state index contributed by atoms with van der Waals surface area (Å²) in [6.07, 6.45) is 11.8. The molecule has 0 spiro atoms. The van der Waals surface area contributed by atoms with Gasteiger partial charge in [0, 0.05) is 37.3 Å². The third kappa shape index (κ3) is 5.51. The Hall–Kier alpha value is -1.99. The van der Waals surface area contributed by atoms with Gasteiger partial charge in [-0.2, -0.15) is 0 Å². The van der Waals surface area contributed by atoms with Crippen LogP contribution in [0.1, 0.15) is 124 Å². The topological polar surface area (TPSA) is 76.0 Å². The van der Waals surface area contributed by atoms with Gasteiger partial charge in [-0.15, -0.1) is 0 Å². The lowest BCUT2D eigenvalue weighted by molar-refractivity contribution is -0.219. The Morgan fingerprint density at radius 2 is 1.56 bits per heavy atom. The Morgan fingerprint density at radius 1 is 0.880 bits per heavy atom. The number of rotatable bonds is 7. The number of piperazine rings is 1. The molecule has 7 rings (SSSR count). The van der Waals surface area contributed by atoms with Crippen LogP contribution in [0.15, 0.2) is 42.5 Å². The molecular formula is C44H67N3O3. The fraction of sp³-hybridized carbons (Fsp3) is 0.750. The summed E-state index contributed by atoms with van der Waals surface area (Å²) in [5.74, 6) is 3.04. The number of nitrogens with one attached hydrogen (secondary N) is 1. The minimum atomic E-state index is -1.43. The molecule has 1 saturated heterocycles. The van der Waals surface area contributed by atoms with Crippen LogP contribution in [0, 0.1) is 51.2 Å². The second kappa shape index (κ2) is 12.8. The first-order valence-corrected chi connectivity index (χ1v) is 20.2. The molecule has 9 unspecified atom stereocenters. The van der Waals surface area contributed by atoms with Crippen molar-refractivity contribution >= 4 is 11.5 Å². The van der Waals surface area contributed by atoms with Crippen LogP contribution in [0.2, 0.25) is 0 Å². The third-order valence-electron chi connectivity index (χ3n) is 16.8. The molecule has 0 bridgehead atoms. The standard InChI is InChI=1S/C44H67N3O3/c1-9-46-24-26-47(27-25-46)28-37(48)45-44-21-16-32(29(2)3)38(44)34-14-15-36-41(6)19-17-33(30-10-12-31(13-11-30)39(49)50)40(4,5)35(41)18-20-43(36,8)42(34,7)22-23-44/h10-13,17,32,34-36,38-39,49-50H,2,9,14-16,18-28H2,1,3-8H3,(H,45,48). The van der Waals surface area contributed by atoms with Crippen molar-refractivity contribution < 1.29 is 15.0 Å². The molecule has 6 heteroatoms. The normalized spacial score (nSPS) is 41.4. The molecule has 5 aliphatic carbocycles. The average molecular weight is 686 g/mol. The summed E-state index contributed by atoms with van der Waals surface area (Å²) in [6, 6.07) is 7.91. The molecule has 0 radical (unpaired) electrons. The summed E-state index contributed by atoms with van der Waals surface area (Å²) in [5, 5.41) is 23.2. The fourth-order valence-corrected chi connectivity index (χ4v) is 14.1. The van der Waals surface area contributed by atoms with Crippen LogP contribution in [-0.4, -0.2) is 70.7 Å². The van der Waals surface area contributed by atoms with E-state index in [2.05, 4.69) is 88.4 Å². The van der Waals surface area contributed by atoms with E-state index in [9.17, 15) is 15.0 Å². The van der Waals surface area contributed by atoms with Gasteiger partial charge in [-0.3, -0.25) is 9.69 Å². The Morgan fingerprint density at radius 3 is 2.20 bits per heavy atom. The molecule has 1 aromatic rings. The average Bonchev–Trinajstić information content (AvgIpc) is 3.44. The van der Waals surface area contributed by atoms with E-state index in [1.165, 1.54) is 48.8 Å². The number of amides is 1. The summed E-state index contributed by atoms with van der Waals surface area (Å²) in [5.41, 5.74) is 5.12. The van der Waals surface area contributed by atoms with Gasteiger partial charge in [0.2, 0.25) is 5.91 Å². The molecule has 0 aromatic heterocycles. The minimum Gasteiger partial charge on any atom is -0.364 e. The third-order valence-corrected chi connectivity index (χ3v) is 16.8. The van der Waals surface area contributed by atoms with E-state index in [0.29, 0.717) is 41.7 Å². The number of carbonyl (C=O) groups excluding carboxylic acids is 1. The van der Waals surface area contributed by atoms with E-state index in [-0.39, 0.29) is 33.1 Å². The molecule has 1 heterocycles. The maximum Gasteiger partial charge on any atom is 0.234 e. The summed E-state index contributed by atoms with van der Waals surface area (Å²) in [6.45, 7) is 27.8. The molecule has 6 nitrogen and oxygen atoms in total. The van der Waals surface area contributed by atoms with Gasteiger partial charge in [0.05, 0.1) is 6.54 Å². The maximum atomic E-state index is 13.9. The van der Waals surface area contributed by atoms with Crippen LogP contribution in [0.4, 0.5) is 0 Å². The van der Waals surface area contributed by atoms with E-state index in [1.807, 2.05) is 12.1 Å². The van der Waals surface area contributed by atoms with Gasteiger partial charge in [-0.1, -0.05) is 84.0 Å². The maximum absolute atomic E-state index is 13.9. The highest BCUT2D eigenvalue weighted by atomic mass is 16.5. The van der Waals surface area contributed by atoms with E-state index < -0.39 is 6.29 Å². The van der Waals surface area contributed by atoms with Crippen molar-refractivity contribution in [2.45, 2.75) is 118 Å². The van der Waals surface area contributed by atoms with Gasteiger partial charge in [-0.05, 0) is 134 Å². The van der Waals surface area contributed by atoms with Gasteiger partial charge in [0.15, 0.2) is 6.29 Å². The smallest absolute Gasteiger partial charge is 0.234 e. The second-order valence-electron chi connectivity index (χ2n) is 19.1. The summed E-state index contributed by atoms with van der Waals surface area (Å²) >= 11 is 0. The molecular weight excluding hydrogens is 619 g/mol. The lowest BCUT2D eigenvalue weighted by Gasteiger charge is -2.72. The highest BCUT2D eigenvalue weighted by Gasteiger charge is 2.70. The van der Waals surface area contributed by atoms with Gasteiger partial charge in [0.1, 0.15) is 0 Å². The lowest BCUT2D eigenvalue weighted by Crippen LogP contribution is -2.68. The molecule has 6 aliphatic rings. The van der Waals surface area contributed by atoms with Crippen LogP contribution in [0.3, 0.4) is 0 Å². The zero-order valence-corrected chi connectivity index (χ0v) is 32.4. The van der Waals surface area contributed by atoms with Gasteiger partial charge in [-0.25, -0.2) is 0 Å². The van der Waals surface area contributed by atoms with Gasteiger partial charge < -0.3 is 20.4 Å². The van der Waals surface area contributed by atoms with Crippen LogP contribution in [-0.2, 0) is 4.79 Å². The van der Waals surface area contributed by atoms with Gasteiger partial charge in [0.25, 0.3) is 0 Å². The predicted octanol–water partition coefficient (Wildman–Crippen LogP) is 7.83. The van der Waals surface area contributed by atoms with Crippen molar-refractivity contribution in [3.05, 3.63) is 53.6 Å². The molecule has 276 valence electrons. The molecule has 9 atom stereocenters. The minimum absolute atomic E-state index is 0.0249. The molecule has 1 aromatic carbocycles. The molecule has 1 aliphatic heterocycles. The molecule has 4 saturated carbocycles. The van der Waals surface area contributed by atoms with Crippen molar-refractivity contribution in [3.8, 4) is 0 Å². The first kappa shape index (κ1) is 36.4. The molecule has 1 amide bonds. The number of fused-ring (bicyclic) bond motifs is 7. The zero-order valence-electron chi connectivity index (χ0n) is 32.4. The van der Waals surface area contributed by atoms with E-state index in [0.717, 1.165) is 58.4 Å². The van der Waals surface area contributed by atoms with Crippen molar-refractivity contribution in [3.63, 3.8) is 0 Å². The SMILES string of the molecule is C=C(C)C1CCC2(NC(=O)CN3CCN(CC)CC3)CCC3(C)C(CCC4C5(C)CC=C(c6ccc(C(O)O)cc6)C(C)(C)C5CCC43C)C12. The summed E-state index contributed by atoms with van der Waals surface area (Å²) < 4.78 is 0. The zero-order chi connectivity index (χ0) is 35.9. The largest absolute Gasteiger partial charge is 0.364 e. The number of aliphatic hydroxyl groups excluding tert-OH is 1. The van der Waals surface area contributed by atoms with Crippen LogP contribution < -0.4 is 5.32 Å². The van der Waals surface area contributed by atoms with Gasteiger partial charge >= 0.3 is 0 Å². The van der Waals surface area contributed by atoms with E-state index >= 15 is 0 Å². The molecule has 5 fully saturated rings. The Kier molecular flexibility index (Phi) is 9.35. The first-order valence-electron chi connectivity index (χ1n) is 20.2. The lowest BCUT2D eigenvalue weighted by atomic mass is 9.33. The molecule has 3 N–H and O–H groups in total. The quantitative estimate of drug-likeness (QED) is 0.202.